The van der Waals surface area contributed by atoms with Gasteiger partial charge in [0.05, 0.1) is 17.6 Å². The van der Waals surface area contributed by atoms with Crippen LogP contribution in [0.3, 0.4) is 0 Å². The van der Waals surface area contributed by atoms with Gasteiger partial charge in [-0.3, -0.25) is 0 Å². The third-order valence-corrected chi connectivity index (χ3v) is 7.64. The van der Waals surface area contributed by atoms with Crippen molar-refractivity contribution in [2.24, 2.45) is 17.3 Å². The average Bonchev–Trinajstić information content (AvgIpc) is 2.74. The lowest BCUT2D eigenvalue weighted by molar-refractivity contribution is -0.0135. The normalized spacial score (nSPS) is 30.8. The molecular formula is C26H47NO. The molecule has 0 bridgehead atoms. The summed E-state index contributed by atoms with van der Waals surface area (Å²) < 4.78 is 6.34. The summed E-state index contributed by atoms with van der Waals surface area (Å²) in [6.45, 7) is 5.51. The molecular weight excluding hydrogens is 342 g/mol. The first-order chi connectivity index (χ1) is 13.7. The van der Waals surface area contributed by atoms with E-state index in [-0.39, 0.29) is 5.41 Å². The molecule has 0 heterocycles. The van der Waals surface area contributed by atoms with Crippen molar-refractivity contribution in [3.8, 4) is 6.07 Å². The van der Waals surface area contributed by atoms with Gasteiger partial charge in [-0.1, -0.05) is 71.6 Å². The molecule has 0 radical (unpaired) electrons. The summed E-state index contributed by atoms with van der Waals surface area (Å²) in [5, 5.41) is 9.79. The number of ether oxygens (including phenoxy) is 1. The van der Waals surface area contributed by atoms with Crippen LogP contribution in [0.1, 0.15) is 129 Å². The summed E-state index contributed by atoms with van der Waals surface area (Å²) in [4.78, 5) is 0. The standard InChI is InChI=1S/C26H47NO/c1-3-5-7-8-10-18-26(22-27)19-16-24(17-20-26)21-28-25-14-12-23(13-15-25)11-9-6-4-2/h23-25H,3-21H2,1-2H3/t23?,24-,25?,26+. The maximum atomic E-state index is 9.79. The van der Waals surface area contributed by atoms with E-state index in [1.165, 1.54) is 96.3 Å². The van der Waals surface area contributed by atoms with Crippen LogP contribution in [0.15, 0.2) is 0 Å². The van der Waals surface area contributed by atoms with Crippen molar-refractivity contribution >= 4 is 0 Å². The number of unbranched alkanes of at least 4 members (excludes halogenated alkanes) is 6. The predicted octanol–water partition coefficient (Wildman–Crippen LogP) is 8.20. The second-order valence-electron chi connectivity index (χ2n) is 9.97. The first-order valence-electron chi connectivity index (χ1n) is 12.7. The van der Waals surface area contributed by atoms with Gasteiger partial charge in [-0.05, 0) is 69.6 Å². The van der Waals surface area contributed by atoms with Crippen molar-refractivity contribution in [1.82, 2.24) is 0 Å². The molecule has 162 valence electrons. The Labute approximate surface area is 175 Å². The van der Waals surface area contributed by atoms with Crippen molar-refractivity contribution in [2.75, 3.05) is 6.61 Å². The molecule has 2 fully saturated rings. The minimum Gasteiger partial charge on any atom is -0.378 e. The van der Waals surface area contributed by atoms with Gasteiger partial charge in [-0.2, -0.15) is 5.26 Å². The summed E-state index contributed by atoms with van der Waals surface area (Å²) in [5.41, 5.74) is -0.0146. The van der Waals surface area contributed by atoms with Gasteiger partial charge in [0.15, 0.2) is 0 Å². The number of hydrogen-bond acceptors (Lipinski definition) is 2. The smallest absolute Gasteiger partial charge is 0.0689 e. The van der Waals surface area contributed by atoms with E-state index in [0.717, 1.165) is 31.8 Å². The lowest BCUT2D eigenvalue weighted by Crippen LogP contribution is -2.30. The Morgan fingerprint density at radius 1 is 0.786 bits per heavy atom. The highest BCUT2D eigenvalue weighted by Gasteiger charge is 2.35. The molecule has 0 atom stereocenters. The highest BCUT2D eigenvalue weighted by Crippen LogP contribution is 2.42. The monoisotopic (exact) mass is 389 g/mol. The van der Waals surface area contributed by atoms with Crippen molar-refractivity contribution in [3.05, 3.63) is 0 Å². The Morgan fingerprint density at radius 2 is 1.43 bits per heavy atom. The van der Waals surface area contributed by atoms with E-state index in [4.69, 9.17) is 4.74 Å². The maximum Gasteiger partial charge on any atom is 0.0689 e. The van der Waals surface area contributed by atoms with E-state index in [1.54, 1.807) is 0 Å². The second-order valence-corrected chi connectivity index (χ2v) is 9.97. The van der Waals surface area contributed by atoms with Crippen molar-refractivity contribution in [2.45, 2.75) is 136 Å². The summed E-state index contributed by atoms with van der Waals surface area (Å²) in [6.07, 6.45) is 23.7. The Bertz CT molecular complexity index is 424. The minimum atomic E-state index is -0.0146. The van der Waals surface area contributed by atoms with E-state index in [2.05, 4.69) is 19.9 Å². The van der Waals surface area contributed by atoms with Crippen molar-refractivity contribution < 1.29 is 4.74 Å². The number of rotatable bonds is 13. The summed E-state index contributed by atoms with van der Waals surface area (Å²) in [6, 6.07) is 2.72. The molecule has 2 nitrogen and oxygen atoms in total. The summed E-state index contributed by atoms with van der Waals surface area (Å²) in [7, 11) is 0. The van der Waals surface area contributed by atoms with Crippen LogP contribution in [0.5, 0.6) is 0 Å². The first-order valence-corrected chi connectivity index (χ1v) is 12.7. The molecule has 0 unspecified atom stereocenters. The number of hydrogen-bond donors (Lipinski definition) is 0. The van der Waals surface area contributed by atoms with Crippen molar-refractivity contribution in [1.29, 1.82) is 5.26 Å². The zero-order chi connectivity index (χ0) is 20.1. The van der Waals surface area contributed by atoms with Crippen LogP contribution in [0.4, 0.5) is 0 Å². The Balaban J connectivity index is 1.57. The zero-order valence-electron chi connectivity index (χ0n) is 19.0. The molecule has 2 rings (SSSR count). The van der Waals surface area contributed by atoms with Gasteiger partial charge < -0.3 is 4.74 Å². The van der Waals surface area contributed by atoms with Crippen molar-refractivity contribution in [3.63, 3.8) is 0 Å². The lowest BCUT2D eigenvalue weighted by atomic mass is 9.69. The molecule has 2 aliphatic carbocycles. The van der Waals surface area contributed by atoms with Crippen LogP contribution >= 0.6 is 0 Å². The quantitative estimate of drug-likeness (QED) is 0.297. The van der Waals surface area contributed by atoms with Gasteiger partial charge in [-0.15, -0.1) is 0 Å². The molecule has 0 aliphatic heterocycles. The van der Waals surface area contributed by atoms with E-state index in [9.17, 15) is 5.26 Å². The third-order valence-electron chi connectivity index (χ3n) is 7.64. The molecule has 0 spiro atoms. The first kappa shape index (κ1) is 23.7. The summed E-state index contributed by atoms with van der Waals surface area (Å²) >= 11 is 0. The van der Waals surface area contributed by atoms with E-state index in [1.807, 2.05) is 0 Å². The lowest BCUT2D eigenvalue weighted by Gasteiger charge is -2.36. The van der Waals surface area contributed by atoms with Gasteiger partial charge in [0.25, 0.3) is 0 Å². The highest BCUT2D eigenvalue weighted by molar-refractivity contribution is 5.01. The average molecular weight is 390 g/mol. The molecule has 28 heavy (non-hydrogen) atoms. The van der Waals surface area contributed by atoms with Gasteiger partial charge in [0, 0.05) is 6.61 Å². The van der Waals surface area contributed by atoms with Crippen LogP contribution in [0.2, 0.25) is 0 Å². The SMILES string of the molecule is CCCCCCC[C@]1(C#N)CC[C@@H](COC2CCC(CCCCC)CC2)CC1. The fourth-order valence-electron chi connectivity index (χ4n) is 5.42. The van der Waals surface area contributed by atoms with E-state index >= 15 is 0 Å². The van der Waals surface area contributed by atoms with Crippen LogP contribution in [0, 0.1) is 28.6 Å². The van der Waals surface area contributed by atoms with Crippen LogP contribution in [0.25, 0.3) is 0 Å². The molecule has 0 amide bonds. The predicted molar refractivity (Wildman–Crippen MR) is 119 cm³/mol. The minimum absolute atomic E-state index is 0.0146. The number of nitriles is 1. The zero-order valence-corrected chi connectivity index (χ0v) is 19.0. The van der Waals surface area contributed by atoms with Gasteiger partial charge in [0.1, 0.15) is 0 Å². The molecule has 2 aliphatic rings. The van der Waals surface area contributed by atoms with Gasteiger partial charge >= 0.3 is 0 Å². The van der Waals surface area contributed by atoms with E-state index < -0.39 is 0 Å². The molecule has 0 aromatic rings. The van der Waals surface area contributed by atoms with Gasteiger partial charge in [-0.25, -0.2) is 0 Å². The van der Waals surface area contributed by atoms with Crippen LogP contribution < -0.4 is 0 Å². The Morgan fingerprint density at radius 3 is 2.07 bits per heavy atom. The molecule has 0 N–H and O–H groups in total. The molecule has 2 heteroatoms. The van der Waals surface area contributed by atoms with E-state index in [0.29, 0.717) is 12.0 Å². The summed E-state index contributed by atoms with van der Waals surface area (Å²) in [5.74, 6) is 1.67. The largest absolute Gasteiger partial charge is 0.378 e. The maximum absolute atomic E-state index is 9.79. The van der Waals surface area contributed by atoms with Crippen LogP contribution in [-0.4, -0.2) is 12.7 Å². The molecule has 0 aromatic heterocycles. The second kappa shape index (κ2) is 13.6. The number of nitrogens with zero attached hydrogens (tertiary/aromatic N) is 1. The molecule has 0 saturated heterocycles. The topological polar surface area (TPSA) is 33.0 Å². The molecule has 2 saturated carbocycles. The third kappa shape index (κ3) is 8.44. The highest BCUT2D eigenvalue weighted by atomic mass is 16.5. The fourth-order valence-corrected chi connectivity index (χ4v) is 5.42. The Kier molecular flexibility index (Phi) is 11.6. The fraction of sp³-hybridized carbons (Fsp3) is 0.962. The molecule has 0 aromatic carbocycles. The van der Waals surface area contributed by atoms with Gasteiger partial charge in [0.2, 0.25) is 0 Å². The van der Waals surface area contributed by atoms with Crippen LogP contribution in [-0.2, 0) is 4.74 Å². The Hall–Kier alpha value is -0.550.